The van der Waals surface area contributed by atoms with E-state index in [1.807, 2.05) is 18.2 Å². The predicted molar refractivity (Wildman–Crippen MR) is 97.4 cm³/mol. The van der Waals surface area contributed by atoms with Crippen LogP contribution in [0.1, 0.15) is 12.8 Å². The molecule has 0 atom stereocenters. The first kappa shape index (κ1) is 15.1. The zero-order valence-corrected chi connectivity index (χ0v) is 14.0. The van der Waals surface area contributed by atoms with Crippen molar-refractivity contribution in [1.82, 2.24) is 9.97 Å². The van der Waals surface area contributed by atoms with E-state index < -0.39 is 0 Å². The van der Waals surface area contributed by atoms with Crippen LogP contribution in [-0.4, -0.2) is 29.0 Å². The van der Waals surface area contributed by atoms with Crippen LogP contribution in [-0.2, 0) is 4.79 Å². The zero-order chi connectivity index (χ0) is 16.4. The molecule has 122 valence electrons. The Morgan fingerprint density at radius 3 is 2.67 bits per heavy atom. The number of benzene rings is 1. The molecule has 0 saturated carbocycles. The van der Waals surface area contributed by atoms with Gasteiger partial charge in [-0.2, -0.15) is 0 Å². The summed E-state index contributed by atoms with van der Waals surface area (Å²) in [5, 5.41) is 6.42. The number of carbonyl (C=O) groups excluding carboxylic acids is 1. The number of hydrogen-bond acceptors (Lipinski definition) is 5. The summed E-state index contributed by atoms with van der Waals surface area (Å²) in [4.78, 5) is 23.4. The average molecular weight is 338 g/mol. The number of amides is 1. The summed E-state index contributed by atoms with van der Waals surface area (Å²) in [6.45, 7) is 1.86. The van der Waals surface area contributed by atoms with E-state index in [0.29, 0.717) is 0 Å². The van der Waals surface area contributed by atoms with Crippen molar-refractivity contribution in [3.05, 3.63) is 48.1 Å². The molecule has 0 spiro atoms. The Morgan fingerprint density at radius 1 is 1.12 bits per heavy atom. The van der Waals surface area contributed by atoms with Crippen LogP contribution in [0.4, 0.5) is 10.7 Å². The normalized spacial score (nSPS) is 15.6. The minimum Gasteiger partial charge on any atom is -0.363 e. The molecule has 1 N–H and O–H groups in total. The highest BCUT2D eigenvalue weighted by molar-refractivity contribution is 7.14. The number of piperidine rings is 1. The molecule has 4 rings (SSSR count). The number of aromatic nitrogens is 2. The van der Waals surface area contributed by atoms with Crippen molar-refractivity contribution in [3.8, 4) is 0 Å². The molecule has 3 heterocycles. The molecule has 0 radical (unpaired) electrons. The number of nitrogens with one attached hydrogen (secondary N) is 1. The van der Waals surface area contributed by atoms with Crippen molar-refractivity contribution in [2.75, 3.05) is 23.3 Å². The quantitative estimate of drug-likeness (QED) is 0.793. The lowest BCUT2D eigenvalue weighted by atomic mass is 9.96. The summed E-state index contributed by atoms with van der Waals surface area (Å²) < 4.78 is 0. The van der Waals surface area contributed by atoms with Gasteiger partial charge in [-0.3, -0.25) is 14.8 Å². The molecule has 0 bridgehead atoms. The molecule has 24 heavy (non-hydrogen) atoms. The molecule has 0 unspecified atom stereocenters. The predicted octanol–water partition coefficient (Wildman–Crippen LogP) is 3.55. The van der Waals surface area contributed by atoms with Crippen molar-refractivity contribution in [3.63, 3.8) is 0 Å². The van der Waals surface area contributed by atoms with Crippen molar-refractivity contribution in [1.29, 1.82) is 0 Å². The standard InChI is InChI=1S/C18H18N4OS/c23-18(13-5-9-22(10-6-13)17-2-1-11-24-17)21-14-3-4-15-16(12-14)20-8-7-19-15/h1-4,7-8,11-13H,5-6,9-10H2,(H,21,23). The SMILES string of the molecule is O=C(Nc1ccc2nccnc2c1)C1CCN(c2cccs2)CC1. The molecule has 1 amide bonds. The van der Waals surface area contributed by atoms with Gasteiger partial charge < -0.3 is 10.2 Å². The lowest BCUT2D eigenvalue weighted by Gasteiger charge is -2.31. The van der Waals surface area contributed by atoms with E-state index in [0.717, 1.165) is 42.7 Å². The van der Waals surface area contributed by atoms with E-state index in [2.05, 4.69) is 37.7 Å². The second-order valence-electron chi connectivity index (χ2n) is 5.96. The van der Waals surface area contributed by atoms with Crippen molar-refractivity contribution in [2.24, 2.45) is 5.92 Å². The lowest BCUT2D eigenvalue weighted by molar-refractivity contribution is -0.120. The maximum atomic E-state index is 12.5. The highest BCUT2D eigenvalue weighted by Gasteiger charge is 2.25. The van der Waals surface area contributed by atoms with Crippen LogP contribution >= 0.6 is 11.3 Å². The average Bonchev–Trinajstić information content (AvgIpc) is 3.16. The summed E-state index contributed by atoms with van der Waals surface area (Å²) in [5.41, 5.74) is 2.41. The van der Waals surface area contributed by atoms with Gasteiger partial charge in [-0.05, 0) is 48.6 Å². The summed E-state index contributed by atoms with van der Waals surface area (Å²) in [5.74, 6) is 0.169. The van der Waals surface area contributed by atoms with Crippen LogP contribution < -0.4 is 10.2 Å². The van der Waals surface area contributed by atoms with E-state index in [9.17, 15) is 4.79 Å². The van der Waals surface area contributed by atoms with Gasteiger partial charge in [0.2, 0.25) is 5.91 Å². The summed E-state index contributed by atoms with van der Waals surface area (Å²) in [6.07, 6.45) is 5.10. The maximum Gasteiger partial charge on any atom is 0.227 e. The number of hydrogen-bond donors (Lipinski definition) is 1. The van der Waals surface area contributed by atoms with Crippen LogP contribution in [0.25, 0.3) is 11.0 Å². The van der Waals surface area contributed by atoms with Crippen molar-refractivity contribution >= 4 is 39.0 Å². The van der Waals surface area contributed by atoms with Crippen LogP contribution in [0.3, 0.4) is 0 Å². The van der Waals surface area contributed by atoms with Gasteiger partial charge in [-0.1, -0.05) is 0 Å². The van der Waals surface area contributed by atoms with Gasteiger partial charge in [0.05, 0.1) is 16.0 Å². The Kier molecular flexibility index (Phi) is 4.13. The molecule has 5 nitrogen and oxygen atoms in total. The third-order valence-corrected chi connectivity index (χ3v) is 5.35. The topological polar surface area (TPSA) is 58.1 Å². The first-order valence-electron chi connectivity index (χ1n) is 8.10. The number of rotatable bonds is 3. The van der Waals surface area contributed by atoms with Gasteiger partial charge in [0.25, 0.3) is 0 Å². The Labute approximate surface area is 144 Å². The van der Waals surface area contributed by atoms with Gasteiger partial charge in [-0.25, -0.2) is 0 Å². The summed E-state index contributed by atoms with van der Waals surface area (Å²) in [7, 11) is 0. The second kappa shape index (κ2) is 6.57. The van der Waals surface area contributed by atoms with Crippen LogP contribution in [0.2, 0.25) is 0 Å². The van der Waals surface area contributed by atoms with Crippen LogP contribution in [0.15, 0.2) is 48.1 Å². The molecule has 3 aromatic rings. The minimum absolute atomic E-state index is 0.0683. The fraction of sp³-hybridized carbons (Fsp3) is 0.278. The van der Waals surface area contributed by atoms with E-state index in [4.69, 9.17) is 0 Å². The third-order valence-electron chi connectivity index (χ3n) is 4.42. The fourth-order valence-electron chi connectivity index (χ4n) is 3.10. The number of anilines is 2. The summed E-state index contributed by atoms with van der Waals surface area (Å²) in [6, 6.07) is 9.86. The minimum atomic E-state index is 0.0683. The number of thiophene rings is 1. The van der Waals surface area contributed by atoms with Crippen molar-refractivity contribution < 1.29 is 4.79 Å². The Bertz CT molecular complexity index is 841. The smallest absolute Gasteiger partial charge is 0.227 e. The molecule has 1 fully saturated rings. The molecule has 2 aromatic heterocycles. The Hall–Kier alpha value is -2.47. The van der Waals surface area contributed by atoms with Crippen molar-refractivity contribution in [2.45, 2.75) is 12.8 Å². The molecule has 1 saturated heterocycles. The van der Waals surface area contributed by atoms with E-state index in [1.165, 1.54) is 5.00 Å². The second-order valence-corrected chi connectivity index (χ2v) is 6.89. The first-order chi connectivity index (χ1) is 11.8. The van der Waals surface area contributed by atoms with Gasteiger partial charge in [0.15, 0.2) is 0 Å². The molecule has 1 aliphatic heterocycles. The number of nitrogens with zero attached hydrogens (tertiary/aromatic N) is 3. The van der Waals surface area contributed by atoms with Crippen LogP contribution in [0, 0.1) is 5.92 Å². The maximum absolute atomic E-state index is 12.5. The number of fused-ring (bicyclic) bond motifs is 1. The van der Waals surface area contributed by atoms with E-state index in [1.54, 1.807) is 23.7 Å². The van der Waals surface area contributed by atoms with Gasteiger partial charge in [-0.15, -0.1) is 11.3 Å². The highest BCUT2D eigenvalue weighted by Crippen LogP contribution is 2.27. The zero-order valence-electron chi connectivity index (χ0n) is 13.2. The van der Waals surface area contributed by atoms with E-state index >= 15 is 0 Å². The van der Waals surface area contributed by atoms with Gasteiger partial charge in [0.1, 0.15) is 0 Å². The molecule has 1 aromatic carbocycles. The van der Waals surface area contributed by atoms with Crippen LogP contribution in [0.5, 0.6) is 0 Å². The first-order valence-corrected chi connectivity index (χ1v) is 8.98. The molecule has 1 aliphatic rings. The Morgan fingerprint density at radius 2 is 1.92 bits per heavy atom. The molecular weight excluding hydrogens is 320 g/mol. The fourth-order valence-corrected chi connectivity index (χ4v) is 3.88. The Balaban J connectivity index is 1.39. The number of carbonyl (C=O) groups is 1. The highest BCUT2D eigenvalue weighted by atomic mass is 32.1. The molecular formula is C18H18N4OS. The third kappa shape index (κ3) is 3.10. The lowest BCUT2D eigenvalue weighted by Crippen LogP contribution is -2.37. The van der Waals surface area contributed by atoms with E-state index in [-0.39, 0.29) is 11.8 Å². The summed E-state index contributed by atoms with van der Waals surface area (Å²) >= 11 is 1.76. The van der Waals surface area contributed by atoms with Gasteiger partial charge >= 0.3 is 0 Å². The molecule has 6 heteroatoms. The monoisotopic (exact) mass is 338 g/mol. The van der Waals surface area contributed by atoms with Gasteiger partial charge in [0, 0.05) is 37.1 Å². The molecule has 0 aliphatic carbocycles. The largest absolute Gasteiger partial charge is 0.363 e.